The van der Waals surface area contributed by atoms with Gasteiger partial charge < -0.3 is 8.98 Å². The number of hydrogen-bond donors (Lipinski definition) is 1. The number of halogens is 1. The van der Waals surface area contributed by atoms with Gasteiger partial charge in [0.25, 0.3) is 11.8 Å². The molecule has 164 valence electrons. The molecule has 3 heterocycles. The SMILES string of the molecule is O=C1NC(=O)N(Cc2ccco2)C(=O)/C1=C/c1cn(Cc2ccc(Br)cc2)c2ccccc12. The molecular weight excluding hydrogens is 486 g/mol. The third kappa shape index (κ3) is 4.12. The Morgan fingerprint density at radius 1 is 0.939 bits per heavy atom. The number of nitrogens with one attached hydrogen (secondary N) is 1. The van der Waals surface area contributed by atoms with Gasteiger partial charge in [-0.2, -0.15) is 0 Å². The van der Waals surface area contributed by atoms with Crippen LogP contribution in [0.1, 0.15) is 16.9 Å². The van der Waals surface area contributed by atoms with E-state index in [0.717, 1.165) is 25.8 Å². The molecule has 8 heteroatoms. The van der Waals surface area contributed by atoms with Crippen LogP contribution < -0.4 is 5.32 Å². The molecule has 0 spiro atoms. The highest BCUT2D eigenvalue weighted by molar-refractivity contribution is 9.10. The van der Waals surface area contributed by atoms with Gasteiger partial charge in [-0.25, -0.2) is 4.79 Å². The van der Waals surface area contributed by atoms with Gasteiger partial charge in [0.05, 0.1) is 12.8 Å². The molecule has 1 aliphatic heterocycles. The summed E-state index contributed by atoms with van der Waals surface area (Å²) >= 11 is 3.45. The first-order chi connectivity index (χ1) is 16.0. The largest absolute Gasteiger partial charge is 0.467 e. The zero-order valence-electron chi connectivity index (χ0n) is 17.3. The van der Waals surface area contributed by atoms with E-state index in [1.807, 2.05) is 54.7 Å². The predicted octanol–water partition coefficient (Wildman–Crippen LogP) is 4.71. The number of barbiturate groups is 1. The van der Waals surface area contributed by atoms with Crippen LogP contribution in [0.2, 0.25) is 0 Å². The Kier molecular flexibility index (Phi) is 5.43. The second kappa shape index (κ2) is 8.55. The molecule has 0 unspecified atom stereocenters. The lowest BCUT2D eigenvalue weighted by Gasteiger charge is -2.25. The number of nitrogens with zero attached hydrogens (tertiary/aromatic N) is 2. The molecule has 1 aliphatic rings. The summed E-state index contributed by atoms with van der Waals surface area (Å²) in [6.07, 6.45) is 4.91. The van der Waals surface area contributed by atoms with Gasteiger partial charge >= 0.3 is 6.03 Å². The number of urea groups is 1. The number of aromatic nitrogens is 1. The summed E-state index contributed by atoms with van der Waals surface area (Å²) in [5.74, 6) is -0.936. The van der Waals surface area contributed by atoms with Crippen LogP contribution in [0.15, 0.2) is 87.6 Å². The van der Waals surface area contributed by atoms with Gasteiger partial charge in [-0.1, -0.05) is 46.3 Å². The molecule has 1 N–H and O–H groups in total. The number of carbonyl (C=O) groups is 3. The summed E-state index contributed by atoms with van der Waals surface area (Å²) in [5.41, 5.74) is 2.69. The van der Waals surface area contributed by atoms with E-state index in [-0.39, 0.29) is 12.1 Å². The maximum absolute atomic E-state index is 13.1. The molecule has 1 fully saturated rings. The number of furan rings is 1. The van der Waals surface area contributed by atoms with Crippen LogP contribution in [-0.2, 0) is 22.7 Å². The summed E-state index contributed by atoms with van der Waals surface area (Å²) in [6.45, 7) is 0.563. The Balaban J connectivity index is 1.52. The smallest absolute Gasteiger partial charge is 0.331 e. The molecule has 2 aromatic carbocycles. The molecule has 5 rings (SSSR count). The van der Waals surface area contributed by atoms with Crippen LogP contribution in [0, 0.1) is 0 Å². The topological polar surface area (TPSA) is 84.6 Å². The lowest BCUT2D eigenvalue weighted by molar-refractivity contribution is -0.130. The van der Waals surface area contributed by atoms with Crippen molar-refractivity contribution < 1.29 is 18.8 Å². The van der Waals surface area contributed by atoms with Gasteiger partial charge in [-0.3, -0.25) is 19.8 Å². The number of carbonyl (C=O) groups excluding carboxylic acids is 3. The number of rotatable bonds is 5. The highest BCUT2D eigenvalue weighted by atomic mass is 79.9. The molecule has 7 nitrogen and oxygen atoms in total. The first kappa shape index (κ1) is 21.0. The number of hydrogen-bond acceptors (Lipinski definition) is 4. The van der Waals surface area contributed by atoms with E-state index in [0.29, 0.717) is 17.9 Å². The fourth-order valence-corrected chi connectivity index (χ4v) is 4.12. The van der Waals surface area contributed by atoms with E-state index >= 15 is 0 Å². The van der Waals surface area contributed by atoms with Crippen molar-refractivity contribution in [1.82, 2.24) is 14.8 Å². The van der Waals surface area contributed by atoms with Crippen molar-refractivity contribution in [2.45, 2.75) is 13.1 Å². The average Bonchev–Trinajstić information content (AvgIpc) is 3.44. The molecule has 0 atom stereocenters. The number of benzene rings is 2. The van der Waals surface area contributed by atoms with Crippen molar-refractivity contribution in [2.75, 3.05) is 0 Å². The fourth-order valence-electron chi connectivity index (χ4n) is 3.86. The van der Waals surface area contributed by atoms with Crippen molar-refractivity contribution in [3.63, 3.8) is 0 Å². The van der Waals surface area contributed by atoms with Crippen molar-refractivity contribution in [3.8, 4) is 0 Å². The summed E-state index contributed by atoms with van der Waals surface area (Å²) in [6, 6.07) is 18.4. The zero-order valence-corrected chi connectivity index (χ0v) is 18.9. The Bertz CT molecular complexity index is 1400. The lowest BCUT2D eigenvalue weighted by atomic mass is 10.1. The lowest BCUT2D eigenvalue weighted by Crippen LogP contribution is -2.53. The second-order valence-corrected chi connectivity index (χ2v) is 8.56. The van der Waals surface area contributed by atoms with Crippen LogP contribution in [0.5, 0.6) is 0 Å². The van der Waals surface area contributed by atoms with Gasteiger partial charge in [-0.05, 0) is 42.0 Å². The van der Waals surface area contributed by atoms with Gasteiger partial charge in [-0.15, -0.1) is 0 Å². The Morgan fingerprint density at radius 3 is 2.48 bits per heavy atom. The van der Waals surface area contributed by atoms with E-state index in [1.165, 1.54) is 6.26 Å². The standard InChI is InChI=1S/C25H18BrN3O4/c26-18-9-7-16(8-10-18)13-28-14-17(20-5-1-2-6-22(20)28)12-21-23(30)27-25(32)29(24(21)31)15-19-4-3-11-33-19/h1-12,14H,13,15H2,(H,27,30,32)/b21-12+. The van der Waals surface area contributed by atoms with E-state index in [4.69, 9.17) is 4.42 Å². The highest BCUT2D eigenvalue weighted by Crippen LogP contribution is 2.26. The van der Waals surface area contributed by atoms with Gasteiger partial charge in [0.1, 0.15) is 11.3 Å². The number of fused-ring (bicyclic) bond motifs is 1. The third-order valence-electron chi connectivity index (χ3n) is 5.47. The van der Waals surface area contributed by atoms with E-state index in [9.17, 15) is 14.4 Å². The molecule has 0 bridgehead atoms. The summed E-state index contributed by atoms with van der Waals surface area (Å²) < 4.78 is 8.33. The van der Waals surface area contributed by atoms with Crippen LogP contribution in [0.25, 0.3) is 17.0 Å². The van der Waals surface area contributed by atoms with Gasteiger partial charge in [0, 0.05) is 33.7 Å². The minimum atomic E-state index is -0.767. The van der Waals surface area contributed by atoms with E-state index in [1.54, 1.807) is 18.2 Å². The first-order valence-corrected chi connectivity index (χ1v) is 11.0. The first-order valence-electron chi connectivity index (χ1n) is 10.2. The van der Waals surface area contributed by atoms with Crippen molar-refractivity contribution in [3.05, 3.63) is 100 Å². The number of amides is 4. The van der Waals surface area contributed by atoms with Crippen molar-refractivity contribution in [2.24, 2.45) is 0 Å². The Labute approximate surface area is 197 Å². The van der Waals surface area contributed by atoms with E-state index < -0.39 is 17.8 Å². The number of imide groups is 2. The normalized spacial score (nSPS) is 15.5. The quantitative estimate of drug-likeness (QED) is 0.315. The zero-order chi connectivity index (χ0) is 22.9. The Morgan fingerprint density at radius 2 is 1.73 bits per heavy atom. The summed E-state index contributed by atoms with van der Waals surface area (Å²) in [7, 11) is 0. The molecule has 4 amide bonds. The van der Waals surface area contributed by atoms with E-state index in [2.05, 4.69) is 25.8 Å². The highest BCUT2D eigenvalue weighted by Gasteiger charge is 2.36. The van der Waals surface area contributed by atoms with Crippen LogP contribution in [0.3, 0.4) is 0 Å². The minimum absolute atomic E-state index is 0.0619. The maximum atomic E-state index is 13.1. The molecular formula is C25H18BrN3O4. The number of para-hydroxylation sites is 1. The summed E-state index contributed by atoms with van der Waals surface area (Å²) in [5, 5.41) is 3.15. The minimum Gasteiger partial charge on any atom is -0.467 e. The molecule has 33 heavy (non-hydrogen) atoms. The second-order valence-electron chi connectivity index (χ2n) is 7.64. The van der Waals surface area contributed by atoms with Crippen molar-refractivity contribution in [1.29, 1.82) is 0 Å². The van der Waals surface area contributed by atoms with Gasteiger partial charge in [0.15, 0.2) is 0 Å². The monoisotopic (exact) mass is 503 g/mol. The predicted molar refractivity (Wildman–Crippen MR) is 126 cm³/mol. The van der Waals surface area contributed by atoms with Crippen LogP contribution in [0.4, 0.5) is 4.79 Å². The molecule has 0 saturated carbocycles. The molecule has 0 aliphatic carbocycles. The van der Waals surface area contributed by atoms with Crippen LogP contribution in [-0.4, -0.2) is 27.3 Å². The molecule has 4 aromatic rings. The fraction of sp³-hybridized carbons (Fsp3) is 0.0800. The third-order valence-corrected chi connectivity index (χ3v) is 5.99. The summed E-state index contributed by atoms with van der Waals surface area (Å²) in [4.78, 5) is 38.9. The molecule has 2 aromatic heterocycles. The van der Waals surface area contributed by atoms with Gasteiger partial charge in [0.2, 0.25) is 0 Å². The molecule has 0 radical (unpaired) electrons. The maximum Gasteiger partial charge on any atom is 0.331 e. The molecule has 1 saturated heterocycles. The van der Waals surface area contributed by atoms with Crippen molar-refractivity contribution >= 4 is 50.8 Å². The van der Waals surface area contributed by atoms with Crippen LogP contribution >= 0.6 is 15.9 Å². The Hall–Kier alpha value is -3.91. The average molecular weight is 504 g/mol.